The molecule has 0 aliphatic carbocycles. The fourth-order valence-electron chi connectivity index (χ4n) is 4.86. The van der Waals surface area contributed by atoms with Crippen LogP contribution in [-0.2, 0) is 11.4 Å². The lowest BCUT2D eigenvalue weighted by Crippen LogP contribution is -2.40. The van der Waals surface area contributed by atoms with Gasteiger partial charge in [-0.2, -0.15) is 5.10 Å². The number of halogens is 1. The van der Waals surface area contributed by atoms with E-state index in [0.717, 1.165) is 65.0 Å². The van der Waals surface area contributed by atoms with E-state index in [9.17, 15) is 9.90 Å². The van der Waals surface area contributed by atoms with Gasteiger partial charge in [-0.15, -0.1) is 0 Å². The van der Waals surface area contributed by atoms with Gasteiger partial charge in [-0.25, -0.2) is 0 Å². The Morgan fingerprint density at radius 1 is 1.29 bits per heavy atom. The third-order valence-electron chi connectivity index (χ3n) is 6.66. The quantitative estimate of drug-likeness (QED) is 0.471. The van der Waals surface area contributed by atoms with Crippen LogP contribution in [-0.4, -0.2) is 52.0 Å². The van der Waals surface area contributed by atoms with E-state index in [4.69, 9.17) is 21.1 Å². The zero-order chi connectivity index (χ0) is 24.5. The third-order valence-corrected chi connectivity index (χ3v) is 6.94. The normalized spacial score (nSPS) is 18.3. The molecule has 7 nitrogen and oxygen atoms in total. The van der Waals surface area contributed by atoms with Crippen molar-refractivity contribution in [3.05, 3.63) is 58.3 Å². The summed E-state index contributed by atoms with van der Waals surface area (Å²) in [6, 6.07) is 12.2. The predicted octanol–water partition coefficient (Wildman–Crippen LogP) is 5.42. The van der Waals surface area contributed by atoms with Gasteiger partial charge in [0.1, 0.15) is 24.7 Å². The smallest absolute Gasteiger partial charge is 0.307 e. The maximum absolute atomic E-state index is 11.3. The Labute approximate surface area is 209 Å². The first-order valence-corrected chi connectivity index (χ1v) is 12.5. The van der Waals surface area contributed by atoms with Gasteiger partial charge in [0.2, 0.25) is 0 Å². The molecule has 8 heteroatoms. The van der Waals surface area contributed by atoms with Crippen LogP contribution in [0.1, 0.15) is 43.9 Å². The highest BCUT2D eigenvalue weighted by molar-refractivity contribution is 6.34. The molecule has 184 valence electrons. The first-order valence-electron chi connectivity index (χ1n) is 12.1. The number of benzene rings is 2. The fraction of sp³-hybridized carbons (Fsp3) is 0.407. The molecule has 2 aliphatic heterocycles. The molecule has 35 heavy (non-hydrogen) atoms. The van der Waals surface area contributed by atoms with Crippen molar-refractivity contribution < 1.29 is 19.4 Å². The summed E-state index contributed by atoms with van der Waals surface area (Å²) in [7, 11) is 0. The van der Waals surface area contributed by atoms with Crippen molar-refractivity contribution >= 4 is 34.5 Å². The van der Waals surface area contributed by atoms with Crippen LogP contribution in [0.15, 0.2) is 42.0 Å². The van der Waals surface area contributed by atoms with E-state index >= 15 is 0 Å². The molecule has 0 radical (unpaired) electrons. The number of aliphatic carboxylic acids is 1. The molecule has 0 amide bonds. The monoisotopic (exact) mass is 495 g/mol. The molecule has 5 rings (SSSR count). The van der Waals surface area contributed by atoms with Gasteiger partial charge in [0, 0.05) is 36.1 Å². The lowest BCUT2D eigenvalue weighted by molar-refractivity contribution is -0.143. The maximum atomic E-state index is 11.3. The second kappa shape index (κ2) is 9.91. The number of nitrogens with zero attached hydrogens (tertiary/aromatic N) is 3. The van der Waals surface area contributed by atoms with E-state index in [1.165, 1.54) is 0 Å². The number of hydrogen-bond donors (Lipinski definition) is 1. The molecule has 0 bridgehead atoms. The fourth-order valence-corrected chi connectivity index (χ4v) is 5.09. The predicted molar refractivity (Wildman–Crippen MR) is 136 cm³/mol. The van der Waals surface area contributed by atoms with Gasteiger partial charge in [-0.1, -0.05) is 17.7 Å². The molecule has 1 fully saturated rings. The molecule has 1 aromatic heterocycles. The third kappa shape index (κ3) is 5.16. The molecular weight excluding hydrogens is 466 g/mol. The Hall–Kier alpha value is -3.03. The molecule has 1 atom stereocenters. The average molecular weight is 496 g/mol. The first-order chi connectivity index (χ1) is 16.9. The summed E-state index contributed by atoms with van der Waals surface area (Å²) in [4.78, 5) is 13.6. The molecule has 0 saturated carbocycles. The second-order valence-electron chi connectivity index (χ2n) is 9.67. The number of fused-ring (bicyclic) bond motifs is 2. The summed E-state index contributed by atoms with van der Waals surface area (Å²) >= 11 is 6.36. The van der Waals surface area contributed by atoms with Gasteiger partial charge >= 0.3 is 5.97 Å². The van der Waals surface area contributed by atoms with Crippen LogP contribution in [0.5, 0.6) is 11.5 Å². The van der Waals surface area contributed by atoms with Crippen LogP contribution in [0.2, 0.25) is 5.15 Å². The minimum Gasteiger partial charge on any atom is -0.489 e. The highest BCUT2D eigenvalue weighted by Crippen LogP contribution is 2.32. The zero-order valence-electron chi connectivity index (χ0n) is 20.0. The molecule has 1 N–H and O–H groups in total. The molecule has 1 saturated heterocycles. The van der Waals surface area contributed by atoms with E-state index in [1.807, 2.05) is 41.1 Å². The minimum absolute atomic E-state index is 0.235. The largest absolute Gasteiger partial charge is 0.489 e. The molecule has 2 aliphatic rings. The van der Waals surface area contributed by atoms with Crippen molar-refractivity contribution in [3.8, 4) is 11.5 Å². The van der Waals surface area contributed by atoms with Crippen molar-refractivity contribution in [2.45, 2.75) is 39.3 Å². The molecule has 1 unspecified atom stereocenters. The number of carboxylic acid groups (broad SMARTS) is 1. The average Bonchev–Trinajstić information content (AvgIpc) is 3.19. The summed E-state index contributed by atoms with van der Waals surface area (Å²) in [6.07, 6.45) is 3.83. The molecule has 3 aromatic rings. The SMILES string of the molecule is CC(C)n1nc(Cl)c2cc(COc3ccc4c(c3)OCC(CN3CCCC(C(=O)O)C3)=C4)ccc21. The number of likely N-dealkylation sites (tertiary alicyclic amines) is 1. The number of ether oxygens (including phenoxy) is 2. The van der Waals surface area contributed by atoms with Gasteiger partial charge in [-0.3, -0.25) is 14.4 Å². The first kappa shape index (κ1) is 23.7. The molecule has 2 aromatic carbocycles. The van der Waals surface area contributed by atoms with Crippen LogP contribution in [0.3, 0.4) is 0 Å². The number of piperidine rings is 1. The highest BCUT2D eigenvalue weighted by atomic mass is 35.5. The Morgan fingerprint density at radius 2 is 2.14 bits per heavy atom. The molecule has 0 spiro atoms. The van der Waals surface area contributed by atoms with E-state index in [1.54, 1.807) is 0 Å². The maximum Gasteiger partial charge on any atom is 0.307 e. The van der Waals surface area contributed by atoms with E-state index in [0.29, 0.717) is 24.9 Å². The van der Waals surface area contributed by atoms with Crippen molar-refractivity contribution in [1.29, 1.82) is 0 Å². The van der Waals surface area contributed by atoms with E-state index in [2.05, 4.69) is 29.9 Å². The topological polar surface area (TPSA) is 76.8 Å². The van der Waals surface area contributed by atoms with Crippen molar-refractivity contribution in [2.75, 3.05) is 26.2 Å². The number of carboxylic acids is 1. The Bertz CT molecular complexity index is 1280. The summed E-state index contributed by atoms with van der Waals surface area (Å²) < 4.78 is 14.0. The number of carbonyl (C=O) groups is 1. The van der Waals surface area contributed by atoms with Crippen LogP contribution in [0.4, 0.5) is 0 Å². The lowest BCUT2D eigenvalue weighted by Gasteiger charge is -2.32. The summed E-state index contributed by atoms with van der Waals surface area (Å²) in [5, 5.41) is 15.2. The standard InChI is InChI=1S/C27H30ClN3O4/c1-17(2)31-24-8-5-18(11-23(24)26(28)29-31)15-34-22-7-6-20-10-19(16-35-25(20)12-22)13-30-9-3-4-21(14-30)27(32)33/h5-8,10-12,17,21H,3-4,9,13-16H2,1-2H3,(H,32,33). The van der Waals surface area contributed by atoms with Crippen LogP contribution >= 0.6 is 11.6 Å². The minimum atomic E-state index is -0.699. The molecule has 3 heterocycles. The van der Waals surface area contributed by atoms with Crippen molar-refractivity contribution in [2.24, 2.45) is 5.92 Å². The van der Waals surface area contributed by atoms with Gasteiger partial charge in [-0.05, 0) is 74.7 Å². The van der Waals surface area contributed by atoms with Crippen LogP contribution in [0, 0.1) is 5.92 Å². The summed E-state index contributed by atoms with van der Waals surface area (Å²) in [5.74, 6) is 0.564. The second-order valence-corrected chi connectivity index (χ2v) is 10.0. The number of rotatable bonds is 7. The van der Waals surface area contributed by atoms with Crippen LogP contribution < -0.4 is 9.47 Å². The summed E-state index contributed by atoms with van der Waals surface area (Å²) in [6.45, 7) is 7.34. The van der Waals surface area contributed by atoms with E-state index in [-0.39, 0.29) is 12.0 Å². The highest BCUT2D eigenvalue weighted by Gasteiger charge is 2.26. The van der Waals surface area contributed by atoms with Crippen LogP contribution in [0.25, 0.3) is 17.0 Å². The van der Waals surface area contributed by atoms with Crippen molar-refractivity contribution in [3.63, 3.8) is 0 Å². The van der Waals surface area contributed by atoms with Gasteiger partial charge in [0.15, 0.2) is 5.15 Å². The van der Waals surface area contributed by atoms with Crippen molar-refractivity contribution in [1.82, 2.24) is 14.7 Å². The summed E-state index contributed by atoms with van der Waals surface area (Å²) in [5.41, 5.74) is 4.20. The Morgan fingerprint density at radius 3 is 2.94 bits per heavy atom. The lowest BCUT2D eigenvalue weighted by atomic mass is 9.97. The van der Waals surface area contributed by atoms with Gasteiger partial charge in [0.05, 0.1) is 11.4 Å². The molecular formula is C27H30ClN3O4. The number of aromatic nitrogens is 2. The Kier molecular flexibility index (Phi) is 6.71. The number of hydrogen-bond acceptors (Lipinski definition) is 5. The van der Waals surface area contributed by atoms with Gasteiger partial charge in [0.25, 0.3) is 0 Å². The van der Waals surface area contributed by atoms with E-state index < -0.39 is 5.97 Å². The van der Waals surface area contributed by atoms with Gasteiger partial charge < -0.3 is 14.6 Å². The Balaban J connectivity index is 1.23. The zero-order valence-corrected chi connectivity index (χ0v) is 20.8.